The molecule has 2 N–H and O–H groups in total. The molecule has 5 nitrogen and oxygen atoms in total. The Morgan fingerprint density at radius 1 is 1.32 bits per heavy atom. The highest BCUT2D eigenvalue weighted by Crippen LogP contribution is 2.25. The number of amides is 1. The second-order valence-corrected chi connectivity index (χ2v) is 5.60. The molecule has 1 aliphatic heterocycles. The molecule has 0 spiro atoms. The molecule has 1 atom stereocenters. The summed E-state index contributed by atoms with van der Waals surface area (Å²) in [4.78, 5) is 12.1. The number of halogens is 1. The van der Waals surface area contributed by atoms with E-state index in [1.807, 2.05) is 24.3 Å². The van der Waals surface area contributed by atoms with Gasteiger partial charge in [-0.3, -0.25) is 4.79 Å². The first-order chi connectivity index (χ1) is 10.3. The number of hydrogen-bond donors (Lipinski definition) is 2. The van der Waals surface area contributed by atoms with E-state index in [9.17, 15) is 4.79 Å². The first kappa shape index (κ1) is 17.1. The molecule has 0 bridgehead atoms. The molecule has 1 aromatic rings. The van der Waals surface area contributed by atoms with Gasteiger partial charge in [-0.25, -0.2) is 0 Å². The first-order valence-electron chi connectivity index (χ1n) is 7.71. The number of anilines is 1. The normalized spacial score (nSPS) is 21.9. The number of ether oxygens (including phenoxy) is 2. The van der Waals surface area contributed by atoms with Crippen LogP contribution in [0.25, 0.3) is 0 Å². The van der Waals surface area contributed by atoms with Crippen molar-refractivity contribution in [2.24, 2.45) is 0 Å². The maximum Gasteiger partial charge on any atom is 0.254 e. The minimum Gasteiger partial charge on any atom is -0.490 e. The Morgan fingerprint density at radius 2 is 2.14 bits per heavy atom. The molecule has 22 heavy (non-hydrogen) atoms. The fraction of sp³-hybridized carbons (Fsp3) is 0.562. The van der Waals surface area contributed by atoms with E-state index in [1.165, 1.54) is 12.8 Å². The fourth-order valence-electron chi connectivity index (χ4n) is 2.80. The van der Waals surface area contributed by atoms with Gasteiger partial charge in [0.1, 0.15) is 11.9 Å². The molecule has 1 saturated carbocycles. The van der Waals surface area contributed by atoms with E-state index >= 15 is 0 Å². The molecule has 1 amide bonds. The standard InChI is InChI=1S/C16H22N2O3.ClH/c19-16(15-11-17-8-9-20-15)18-12-4-3-7-14(10-12)21-13-5-1-2-6-13;/h3-4,7,10,13,15,17H,1-2,5-6,8-9,11H2,(H,18,19);1H. The smallest absolute Gasteiger partial charge is 0.254 e. The number of carbonyl (C=O) groups is 1. The lowest BCUT2D eigenvalue weighted by Gasteiger charge is -2.22. The second kappa shape index (κ2) is 8.36. The van der Waals surface area contributed by atoms with Crippen molar-refractivity contribution in [2.45, 2.75) is 37.9 Å². The second-order valence-electron chi connectivity index (χ2n) is 5.60. The third-order valence-electron chi connectivity index (χ3n) is 3.93. The molecule has 2 fully saturated rings. The number of benzene rings is 1. The van der Waals surface area contributed by atoms with Crippen molar-refractivity contribution in [1.82, 2.24) is 5.32 Å². The van der Waals surface area contributed by atoms with E-state index in [4.69, 9.17) is 9.47 Å². The molecule has 3 rings (SSSR count). The van der Waals surface area contributed by atoms with Crippen LogP contribution in [0.3, 0.4) is 0 Å². The van der Waals surface area contributed by atoms with Gasteiger partial charge in [0.2, 0.25) is 0 Å². The molecule has 1 aromatic carbocycles. The summed E-state index contributed by atoms with van der Waals surface area (Å²) in [5, 5.41) is 6.04. The lowest BCUT2D eigenvalue weighted by Crippen LogP contribution is -2.45. The van der Waals surface area contributed by atoms with Gasteiger partial charge in [-0.2, -0.15) is 0 Å². The molecule has 0 radical (unpaired) electrons. The summed E-state index contributed by atoms with van der Waals surface area (Å²) in [5.41, 5.74) is 0.754. The summed E-state index contributed by atoms with van der Waals surface area (Å²) in [6, 6.07) is 7.59. The zero-order valence-electron chi connectivity index (χ0n) is 12.5. The van der Waals surface area contributed by atoms with Crippen LogP contribution < -0.4 is 15.4 Å². The van der Waals surface area contributed by atoms with Gasteiger partial charge in [0.05, 0.1) is 12.7 Å². The highest BCUT2D eigenvalue weighted by Gasteiger charge is 2.22. The fourth-order valence-corrected chi connectivity index (χ4v) is 2.80. The van der Waals surface area contributed by atoms with Crippen molar-refractivity contribution in [1.29, 1.82) is 0 Å². The van der Waals surface area contributed by atoms with Crippen molar-refractivity contribution in [3.63, 3.8) is 0 Å². The maximum absolute atomic E-state index is 12.1. The number of hydrogen-bond acceptors (Lipinski definition) is 4. The molecule has 1 unspecified atom stereocenters. The zero-order chi connectivity index (χ0) is 14.5. The first-order valence-corrected chi connectivity index (χ1v) is 7.71. The van der Waals surface area contributed by atoms with Gasteiger partial charge >= 0.3 is 0 Å². The van der Waals surface area contributed by atoms with Crippen LogP contribution in [-0.4, -0.2) is 37.8 Å². The zero-order valence-corrected chi connectivity index (χ0v) is 13.4. The summed E-state index contributed by atoms with van der Waals surface area (Å²) in [5.74, 6) is 0.711. The van der Waals surface area contributed by atoms with E-state index < -0.39 is 6.10 Å². The molecular weight excluding hydrogens is 304 g/mol. The van der Waals surface area contributed by atoms with Gasteiger partial charge in [0.15, 0.2) is 0 Å². The summed E-state index contributed by atoms with van der Waals surface area (Å²) in [6.07, 6.45) is 4.64. The number of morpholine rings is 1. The van der Waals surface area contributed by atoms with Crippen molar-refractivity contribution in [3.8, 4) is 5.75 Å². The minimum atomic E-state index is -0.418. The molecule has 1 heterocycles. The van der Waals surface area contributed by atoms with Crippen LogP contribution >= 0.6 is 12.4 Å². The average molecular weight is 327 g/mol. The van der Waals surface area contributed by atoms with Gasteiger partial charge in [0, 0.05) is 24.8 Å². The van der Waals surface area contributed by atoms with E-state index in [1.54, 1.807) is 0 Å². The van der Waals surface area contributed by atoms with Crippen molar-refractivity contribution < 1.29 is 14.3 Å². The number of carbonyl (C=O) groups excluding carboxylic acids is 1. The SMILES string of the molecule is Cl.O=C(Nc1cccc(OC2CCCC2)c1)C1CNCCO1. The molecule has 1 aliphatic carbocycles. The third-order valence-corrected chi connectivity index (χ3v) is 3.93. The summed E-state index contributed by atoms with van der Waals surface area (Å²) in [7, 11) is 0. The van der Waals surface area contributed by atoms with Crippen LogP contribution in [0.1, 0.15) is 25.7 Å². The van der Waals surface area contributed by atoms with Gasteiger partial charge in [-0.1, -0.05) is 6.07 Å². The number of nitrogens with one attached hydrogen (secondary N) is 2. The molecular formula is C16H23ClN2O3. The number of rotatable bonds is 4. The Hall–Kier alpha value is -1.30. The molecule has 0 aromatic heterocycles. The lowest BCUT2D eigenvalue weighted by atomic mass is 10.2. The van der Waals surface area contributed by atoms with Gasteiger partial charge in [-0.15, -0.1) is 12.4 Å². The van der Waals surface area contributed by atoms with Crippen LogP contribution in [-0.2, 0) is 9.53 Å². The summed E-state index contributed by atoms with van der Waals surface area (Å²) in [6.45, 7) is 1.93. The van der Waals surface area contributed by atoms with Crippen LogP contribution in [0.15, 0.2) is 24.3 Å². The van der Waals surface area contributed by atoms with Crippen molar-refractivity contribution in [2.75, 3.05) is 25.0 Å². The third kappa shape index (κ3) is 4.60. The highest BCUT2D eigenvalue weighted by molar-refractivity contribution is 5.94. The van der Waals surface area contributed by atoms with Crippen LogP contribution in [0.4, 0.5) is 5.69 Å². The van der Waals surface area contributed by atoms with Crippen molar-refractivity contribution >= 4 is 24.0 Å². The molecule has 122 valence electrons. The van der Waals surface area contributed by atoms with Crippen LogP contribution in [0, 0.1) is 0 Å². The van der Waals surface area contributed by atoms with E-state index in [-0.39, 0.29) is 18.3 Å². The van der Waals surface area contributed by atoms with Gasteiger partial charge in [0.25, 0.3) is 5.91 Å². The Kier molecular flexibility index (Phi) is 6.49. The average Bonchev–Trinajstić information content (AvgIpc) is 3.01. The molecule has 6 heteroatoms. The quantitative estimate of drug-likeness (QED) is 0.891. The maximum atomic E-state index is 12.1. The van der Waals surface area contributed by atoms with Crippen LogP contribution in [0.2, 0.25) is 0 Å². The Balaban J connectivity index is 0.00000176. The van der Waals surface area contributed by atoms with Crippen molar-refractivity contribution in [3.05, 3.63) is 24.3 Å². The van der Waals surface area contributed by atoms with Crippen LogP contribution in [0.5, 0.6) is 5.75 Å². The van der Waals surface area contributed by atoms with E-state index in [2.05, 4.69) is 10.6 Å². The summed E-state index contributed by atoms with van der Waals surface area (Å²) >= 11 is 0. The summed E-state index contributed by atoms with van der Waals surface area (Å²) < 4.78 is 11.4. The largest absolute Gasteiger partial charge is 0.490 e. The lowest BCUT2D eigenvalue weighted by molar-refractivity contribution is -0.128. The topological polar surface area (TPSA) is 59.6 Å². The van der Waals surface area contributed by atoms with E-state index in [0.717, 1.165) is 30.8 Å². The Bertz CT molecular complexity index is 486. The predicted molar refractivity (Wildman–Crippen MR) is 87.8 cm³/mol. The predicted octanol–water partition coefficient (Wildman–Crippen LogP) is 2.36. The highest BCUT2D eigenvalue weighted by atomic mass is 35.5. The monoisotopic (exact) mass is 326 g/mol. The Morgan fingerprint density at radius 3 is 2.86 bits per heavy atom. The molecule has 1 saturated heterocycles. The Labute approximate surface area is 137 Å². The minimum absolute atomic E-state index is 0. The van der Waals surface area contributed by atoms with Gasteiger partial charge in [-0.05, 0) is 37.8 Å². The molecule has 2 aliphatic rings. The van der Waals surface area contributed by atoms with Gasteiger partial charge < -0.3 is 20.1 Å². The van der Waals surface area contributed by atoms with E-state index in [0.29, 0.717) is 19.3 Å².